The molecular weight excluding hydrogens is 340 g/mol. The summed E-state index contributed by atoms with van der Waals surface area (Å²) < 4.78 is 24.5. The lowest BCUT2D eigenvalue weighted by molar-refractivity contribution is -0.137. The largest absolute Gasteiger partial charge is 0.348 e. The van der Waals surface area contributed by atoms with Crippen LogP contribution in [0.2, 0.25) is 0 Å². The molecule has 1 aromatic heterocycles. The molecule has 0 aliphatic carbocycles. The van der Waals surface area contributed by atoms with E-state index in [-0.39, 0.29) is 29.5 Å². The number of piperazine rings is 1. The zero-order valence-corrected chi connectivity index (χ0v) is 16.1. The minimum absolute atomic E-state index is 0.0845. The van der Waals surface area contributed by atoms with Crippen LogP contribution in [0.4, 0.5) is 0 Å². The van der Waals surface area contributed by atoms with Gasteiger partial charge in [0.15, 0.2) is 9.84 Å². The summed E-state index contributed by atoms with van der Waals surface area (Å²) >= 11 is 0. The second-order valence-electron chi connectivity index (χ2n) is 7.68. The average molecular weight is 369 g/mol. The molecular formula is C17H28N4O3S. The molecule has 2 fully saturated rings. The fourth-order valence-electron chi connectivity index (χ4n) is 3.83. The van der Waals surface area contributed by atoms with Crippen LogP contribution in [0.25, 0.3) is 0 Å². The highest BCUT2D eigenvalue weighted by atomic mass is 32.2. The average Bonchev–Trinajstić information content (AvgIpc) is 3.07. The number of aryl methyl sites for hydroxylation is 1. The summed E-state index contributed by atoms with van der Waals surface area (Å²) in [6, 6.07) is -0.351. The number of fused-ring (bicyclic) bond motifs is 1. The number of H-pyrrole nitrogens is 1. The topological polar surface area (TPSA) is 86.4 Å². The summed E-state index contributed by atoms with van der Waals surface area (Å²) in [6.45, 7) is 8.07. The standard InChI is InChI=1S/C17H28N4O3S/c1-12(2)4-5-17(22)21-7-6-20(8-14-13(3)18-11-19-14)15-9-25(23,24)10-16(15)21/h11-12,15-16H,4-10H2,1-3H3,(H,18,19)/t15-,16+/m0/s1. The van der Waals surface area contributed by atoms with Crippen LogP contribution in [0, 0.1) is 12.8 Å². The lowest BCUT2D eigenvalue weighted by atomic mass is 10.0. The number of carbonyl (C=O) groups excluding carboxylic acids is 1. The van der Waals surface area contributed by atoms with Crippen molar-refractivity contribution in [2.24, 2.45) is 5.92 Å². The number of hydrogen-bond acceptors (Lipinski definition) is 5. The number of rotatable bonds is 5. The summed E-state index contributed by atoms with van der Waals surface area (Å²) in [5.41, 5.74) is 1.95. The van der Waals surface area contributed by atoms with Crippen LogP contribution in [-0.4, -0.2) is 70.8 Å². The van der Waals surface area contributed by atoms with E-state index >= 15 is 0 Å². The molecule has 8 heteroatoms. The van der Waals surface area contributed by atoms with Crippen molar-refractivity contribution < 1.29 is 13.2 Å². The van der Waals surface area contributed by atoms with E-state index in [9.17, 15) is 13.2 Å². The monoisotopic (exact) mass is 368 g/mol. The van der Waals surface area contributed by atoms with Crippen LogP contribution in [0.15, 0.2) is 6.33 Å². The summed E-state index contributed by atoms with van der Waals surface area (Å²) in [5.74, 6) is 0.781. The minimum Gasteiger partial charge on any atom is -0.348 e. The highest BCUT2D eigenvalue weighted by Gasteiger charge is 2.47. The van der Waals surface area contributed by atoms with Crippen LogP contribution in [0.1, 0.15) is 38.1 Å². The Bertz CT molecular complexity index is 728. The van der Waals surface area contributed by atoms with Gasteiger partial charge in [0, 0.05) is 37.8 Å². The summed E-state index contributed by atoms with van der Waals surface area (Å²) in [4.78, 5) is 24.0. The van der Waals surface area contributed by atoms with E-state index in [1.807, 2.05) is 11.8 Å². The molecule has 0 saturated carbocycles. The maximum Gasteiger partial charge on any atom is 0.222 e. The second kappa shape index (κ2) is 7.07. The van der Waals surface area contributed by atoms with Gasteiger partial charge in [-0.1, -0.05) is 13.8 Å². The Balaban J connectivity index is 1.75. The van der Waals surface area contributed by atoms with Gasteiger partial charge in [-0.2, -0.15) is 0 Å². The molecule has 3 rings (SSSR count). The van der Waals surface area contributed by atoms with Gasteiger partial charge in [-0.15, -0.1) is 0 Å². The first-order valence-corrected chi connectivity index (χ1v) is 10.8. The van der Waals surface area contributed by atoms with E-state index in [0.717, 1.165) is 17.8 Å². The van der Waals surface area contributed by atoms with E-state index in [4.69, 9.17) is 0 Å². The molecule has 0 unspecified atom stereocenters. The summed E-state index contributed by atoms with van der Waals surface area (Å²) in [7, 11) is -3.11. The third-order valence-corrected chi connectivity index (χ3v) is 7.03. The van der Waals surface area contributed by atoms with E-state index in [2.05, 4.69) is 28.7 Å². The van der Waals surface area contributed by atoms with Crippen LogP contribution >= 0.6 is 0 Å². The Labute approximate surface area is 149 Å². The molecule has 0 bridgehead atoms. The van der Waals surface area contributed by atoms with Crippen molar-refractivity contribution in [1.29, 1.82) is 0 Å². The maximum absolute atomic E-state index is 12.6. The summed E-state index contributed by atoms with van der Waals surface area (Å²) in [5, 5.41) is 0. The number of nitrogens with one attached hydrogen (secondary N) is 1. The Morgan fingerprint density at radius 3 is 2.68 bits per heavy atom. The highest BCUT2D eigenvalue weighted by molar-refractivity contribution is 7.91. The SMILES string of the molecule is Cc1[nH]cnc1CN1CCN(C(=O)CCC(C)C)[C@@H]2CS(=O)(=O)C[C@@H]21. The Hall–Kier alpha value is -1.41. The Morgan fingerprint density at radius 1 is 1.32 bits per heavy atom. The fourth-order valence-corrected chi connectivity index (χ4v) is 5.84. The number of aromatic nitrogens is 2. The van der Waals surface area contributed by atoms with E-state index in [1.165, 1.54) is 0 Å². The molecule has 0 radical (unpaired) electrons. The number of imidazole rings is 1. The molecule has 1 aromatic rings. The molecule has 2 atom stereocenters. The zero-order valence-electron chi connectivity index (χ0n) is 15.2. The van der Waals surface area contributed by atoms with Crippen LogP contribution in [0.3, 0.4) is 0 Å². The number of carbonyl (C=O) groups is 1. The fraction of sp³-hybridized carbons (Fsp3) is 0.765. The molecule has 0 aromatic carbocycles. The molecule has 25 heavy (non-hydrogen) atoms. The lowest BCUT2D eigenvalue weighted by Gasteiger charge is -2.44. The van der Waals surface area contributed by atoms with Crippen molar-refractivity contribution >= 4 is 15.7 Å². The number of nitrogens with zero attached hydrogens (tertiary/aromatic N) is 3. The molecule has 0 spiro atoms. The number of hydrogen-bond donors (Lipinski definition) is 1. The van der Waals surface area contributed by atoms with Crippen LogP contribution < -0.4 is 0 Å². The van der Waals surface area contributed by atoms with Crippen molar-refractivity contribution in [2.75, 3.05) is 24.6 Å². The Morgan fingerprint density at radius 2 is 2.04 bits per heavy atom. The molecule has 7 nitrogen and oxygen atoms in total. The number of aromatic amines is 1. The van der Waals surface area contributed by atoms with E-state index in [0.29, 0.717) is 32.0 Å². The van der Waals surface area contributed by atoms with Crippen LogP contribution in [-0.2, 0) is 21.2 Å². The molecule has 2 saturated heterocycles. The van der Waals surface area contributed by atoms with Gasteiger partial charge in [-0.25, -0.2) is 13.4 Å². The first kappa shape index (κ1) is 18.4. The molecule has 2 aliphatic heterocycles. The lowest BCUT2D eigenvalue weighted by Crippen LogP contribution is -2.60. The molecule has 3 heterocycles. The van der Waals surface area contributed by atoms with Gasteiger partial charge in [0.1, 0.15) is 0 Å². The number of amides is 1. The predicted octanol–water partition coefficient (Wildman–Crippen LogP) is 0.964. The van der Waals surface area contributed by atoms with E-state index in [1.54, 1.807) is 6.33 Å². The van der Waals surface area contributed by atoms with Gasteiger partial charge >= 0.3 is 0 Å². The smallest absolute Gasteiger partial charge is 0.222 e. The molecule has 1 N–H and O–H groups in total. The first-order valence-electron chi connectivity index (χ1n) is 8.99. The van der Waals surface area contributed by atoms with Gasteiger partial charge in [0.25, 0.3) is 0 Å². The second-order valence-corrected chi connectivity index (χ2v) is 9.83. The first-order chi connectivity index (χ1) is 11.8. The Kier molecular flexibility index (Phi) is 5.20. The third kappa shape index (κ3) is 4.06. The predicted molar refractivity (Wildman–Crippen MR) is 95.7 cm³/mol. The zero-order chi connectivity index (χ0) is 18.2. The van der Waals surface area contributed by atoms with E-state index < -0.39 is 9.84 Å². The molecule has 1 amide bonds. The van der Waals surface area contributed by atoms with Gasteiger partial charge in [0.2, 0.25) is 5.91 Å². The van der Waals surface area contributed by atoms with Crippen molar-refractivity contribution in [3.63, 3.8) is 0 Å². The molecule has 2 aliphatic rings. The minimum atomic E-state index is -3.11. The summed E-state index contributed by atoms with van der Waals surface area (Å²) in [6.07, 6.45) is 3.01. The van der Waals surface area contributed by atoms with Crippen molar-refractivity contribution in [3.8, 4) is 0 Å². The van der Waals surface area contributed by atoms with Crippen molar-refractivity contribution in [2.45, 2.75) is 52.2 Å². The molecule has 140 valence electrons. The highest BCUT2D eigenvalue weighted by Crippen LogP contribution is 2.29. The van der Waals surface area contributed by atoms with Gasteiger partial charge in [-0.3, -0.25) is 9.69 Å². The third-order valence-electron chi connectivity index (χ3n) is 5.33. The number of sulfone groups is 1. The maximum atomic E-state index is 12.6. The quantitative estimate of drug-likeness (QED) is 0.837. The van der Waals surface area contributed by atoms with Crippen molar-refractivity contribution in [1.82, 2.24) is 19.8 Å². The van der Waals surface area contributed by atoms with Gasteiger partial charge in [0.05, 0.1) is 29.6 Å². The van der Waals surface area contributed by atoms with Gasteiger partial charge < -0.3 is 9.88 Å². The van der Waals surface area contributed by atoms with Crippen LogP contribution in [0.5, 0.6) is 0 Å². The normalized spacial score (nSPS) is 26.2. The van der Waals surface area contributed by atoms with Crippen molar-refractivity contribution in [3.05, 3.63) is 17.7 Å². The van der Waals surface area contributed by atoms with Gasteiger partial charge in [-0.05, 0) is 19.3 Å².